The zero-order chi connectivity index (χ0) is 29.0. The number of ether oxygens (including phenoxy) is 6. The number of hydrogen-bond donors (Lipinski definition) is 1. The maximum absolute atomic E-state index is 11.9. The smallest absolute Gasteiger partial charge is 0.407 e. The molecule has 1 aliphatic carbocycles. The van der Waals surface area contributed by atoms with Crippen LogP contribution in [-0.4, -0.2) is 95.2 Å². The van der Waals surface area contributed by atoms with Gasteiger partial charge >= 0.3 is 12.1 Å². The first-order valence-electron chi connectivity index (χ1n) is 14.1. The number of nitrogens with one attached hydrogen (secondary N) is 1. The van der Waals surface area contributed by atoms with Gasteiger partial charge in [-0.1, -0.05) is 33.8 Å². The van der Waals surface area contributed by atoms with Crippen molar-refractivity contribution < 1.29 is 44.2 Å². The molecule has 0 aromatic rings. The van der Waals surface area contributed by atoms with Gasteiger partial charge in [0.2, 0.25) is 0 Å². The van der Waals surface area contributed by atoms with Crippen LogP contribution in [0.15, 0.2) is 11.5 Å². The molecule has 1 saturated carbocycles. The highest BCUT2D eigenvalue weighted by molar-refractivity contribution is 8.02. The maximum Gasteiger partial charge on any atom is 0.407 e. The van der Waals surface area contributed by atoms with Crippen LogP contribution in [0.4, 0.5) is 4.79 Å². The molecule has 1 amide bonds. The van der Waals surface area contributed by atoms with E-state index in [1.807, 2.05) is 18.7 Å². The molecule has 0 unspecified atom stereocenters. The summed E-state index contributed by atoms with van der Waals surface area (Å²) in [5.74, 6) is -0.432. The van der Waals surface area contributed by atoms with Gasteiger partial charge in [0.05, 0.1) is 59.3 Å². The molecule has 0 aromatic carbocycles. The second kappa shape index (κ2) is 30.3. The summed E-state index contributed by atoms with van der Waals surface area (Å²) in [6.07, 6.45) is 7.40. The van der Waals surface area contributed by atoms with E-state index in [9.17, 15) is 14.4 Å². The van der Waals surface area contributed by atoms with Crippen molar-refractivity contribution in [2.24, 2.45) is 0 Å². The van der Waals surface area contributed by atoms with Crippen LogP contribution >= 0.6 is 11.8 Å². The number of thioether (sulfide) groups is 1. The third-order valence-electron chi connectivity index (χ3n) is 5.15. The van der Waals surface area contributed by atoms with Crippen LogP contribution in [0.5, 0.6) is 0 Å². The van der Waals surface area contributed by atoms with Crippen LogP contribution in [-0.2, 0) is 38.0 Å². The molecule has 0 aromatic heterocycles. The topological polar surface area (TPSA) is 119 Å². The van der Waals surface area contributed by atoms with E-state index in [1.54, 1.807) is 0 Å². The van der Waals surface area contributed by atoms with E-state index in [-0.39, 0.29) is 59.4 Å². The van der Waals surface area contributed by atoms with Gasteiger partial charge in [0.25, 0.3) is 0 Å². The number of allylic oxidation sites excluding steroid dienone is 1. The van der Waals surface area contributed by atoms with Crippen molar-refractivity contribution in [1.82, 2.24) is 5.32 Å². The number of rotatable bonds is 21. The summed E-state index contributed by atoms with van der Waals surface area (Å²) in [4.78, 5) is 34.0. The molecular formula is C29H57NO9S. The number of esters is 1. The van der Waals surface area contributed by atoms with Crippen LogP contribution < -0.4 is 5.32 Å². The molecule has 0 saturated heterocycles. The van der Waals surface area contributed by atoms with Crippen molar-refractivity contribution in [1.29, 1.82) is 0 Å². The second-order valence-corrected chi connectivity index (χ2v) is 10.1. The fourth-order valence-corrected chi connectivity index (χ4v) is 4.18. The monoisotopic (exact) mass is 595 g/mol. The fraction of sp³-hybridized carbons (Fsp3) is 0.828. The number of amides is 1. The van der Waals surface area contributed by atoms with E-state index >= 15 is 0 Å². The minimum absolute atomic E-state index is 0. The van der Waals surface area contributed by atoms with E-state index in [2.05, 4.69) is 30.6 Å². The summed E-state index contributed by atoms with van der Waals surface area (Å²) in [6, 6.07) is 0.192. The number of carbonyl (C=O) groups excluding carboxylic acids is 3. The summed E-state index contributed by atoms with van der Waals surface area (Å²) < 4.78 is 31.6. The normalized spacial score (nSPS) is 16.4. The molecule has 0 radical (unpaired) electrons. The molecule has 10 nitrogen and oxygen atoms in total. The molecule has 0 atom stereocenters. The molecule has 0 spiro atoms. The van der Waals surface area contributed by atoms with E-state index in [0.29, 0.717) is 51.5 Å². The molecule has 1 fully saturated rings. The average molecular weight is 596 g/mol. The van der Waals surface area contributed by atoms with Crippen LogP contribution in [0.3, 0.4) is 0 Å². The lowest BCUT2D eigenvalue weighted by Crippen LogP contribution is -2.38. The SMILES string of the molecule is C.C/C=C\SC1CCC(NC(=O)OCCOCCOCCOCCOCCOC(=O)CCC(C)=O)CC1.CCC.[HH]. The first kappa shape index (κ1) is 40.5. The third-order valence-corrected chi connectivity index (χ3v) is 6.44. The number of ketones is 1. The molecule has 0 heterocycles. The predicted octanol–water partition coefficient (Wildman–Crippen LogP) is 5.57. The zero-order valence-corrected chi connectivity index (χ0v) is 25.2. The number of hydrogen-bond acceptors (Lipinski definition) is 10. The van der Waals surface area contributed by atoms with Gasteiger partial charge in [-0.3, -0.25) is 4.79 Å². The highest BCUT2D eigenvalue weighted by atomic mass is 32.2. The lowest BCUT2D eigenvalue weighted by atomic mass is 9.95. The number of carbonyl (C=O) groups is 3. The summed E-state index contributed by atoms with van der Waals surface area (Å²) in [5.41, 5.74) is 0. The Hall–Kier alpha value is -1.66. The second-order valence-electron chi connectivity index (χ2n) is 8.94. The van der Waals surface area contributed by atoms with Crippen LogP contribution in [0.2, 0.25) is 0 Å². The molecule has 1 N–H and O–H groups in total. The average Bonchev–Trinajstić information content (AvgIpc) is 2.91. The minimum Gasteiger partial charge on any atom is -0.463 e. The summed E-state index contributed by atoms with van der Waals surface area (Å²) in [7, 11) is 0. The Morgan fingerprint density at radius 2 is 1.23 bits per heavy atom. The standard InChI is InChI=1S/C25H43NO9S.C3H8.CH4.H2/c1-3-20-36-23-7-5-22(6-8-23)26-25(29)35-19-17-33-15-13-31-11-10-30-12-14-32-16-18-34-24(28)9-4-21(2)27;1-3-2;;/h3,20,22-23H,4-19H2,1-2H3,(H,26,29);3H2,1-2H3;1H4;1H/b20-3-;;;. The maximum atomic E-state index is 11.9. The Morgan fingerprint density at radius 1 is 0.775 bits per heavy atom. The van der Waals surface area contributed by atoms with Crippen molar-refractivity contribution >= 4 is 29.6 Å². The van der Waals surface area contributed by atoms with Gasteiger partial charge in [0.15, 0.2) is 0 Å². The Kier molecular flexibility index (Phi) is 30.7. The first-order valence-corrected chi connectivity index (χ1v) is 15.0. The van der Waals surface area contributed by atoms with Gasteiger partial charge in [-0.15, -0.1) is 11.8 Å². The molecule has 1 aliphatic rings. The quantitative estimate of drug-likeness (QED) is 0.133. The lowest BCUT2D eigenvalue weighted by molar-refractivity contribution is -0.146. The van der Waals surface area contributed by atoms with Crippen molar-refractivity contribution in [2.45, 2.75) is 91.4 Å². The van der Waals surface area contributed by atoms with E-state index in [4.69, 9.17) is 28.4 Å². The Bertz CT molecular complexity index is 648. The van der Waals surface area contributed by atoms with Gasteiger partial charge < -0.3 is 38.5 Å². The minimum atomic E-state index is -0.396. The Morgan fingerprint density at radius 3 is 1.68 bits per heavy atom. The first-order chi connectivity index (χ1) is 18.9. The van der Waals surface area contributed by atoms with Gasteiger partial charge in [0, 0.05) is 19.1 Å². The molecule has 0 aliphatic heterocycles. The van der Waals surface area contributed by atoms with Crippen molar-refractivity contribution in [3.8, 4) is 0 Å². The molecule has 40 heavy (non-hydrogen) atoms. The number of alkyl carbamates (subject to hydrolysis) is 1. The number of Topliss-reactive ketones (excluding diaryl/α,β-unsaturated/α-hetero) is 1. The molecule has 0 bridgehead atoms. The van der Waals surface area contributed by atoms with Crippen LogP contribution in [0, 0.1) is 0 Å². The summed E-state index contributed by atoms with van der Waals surface area (Å²) in [6.45, 7) is 11.2. The van der Waals surface area contributed by atoms with Crippen molar-refractivity contribution in [2.75, 3.05) is 66.1 Å². The van der Waals surface area contributed by atoms with E-state index < -0.39 is 5.97 Å². The van der Waals surface area contributed by atoms with E-state index in [0.717, 1.165) is 25.7 Å². The molecule has 1 rings (SSSR count). The van der Waals surface area contributed by atoms with Gasteiger partial charge in [-0.05, 0) is 44.9 Å². The highest BCUT2D eigenvalue weighted by Crippen LogP contribution is 2.29. The largest absolute Gasteiger partial charge is 0.463 e. The third kappa shape index (κ3) is 27.9. The predicted molar refractivity (Wildman–Crippen MR) is 162 cm³/mol. The summed E-state index contributed by atoms with van der Waals surface area (Å²) in [5, 5.41) is 5.72. The highest BCUT2D eigenvalue weighted by Gasteiger charge is 2.22. The van der Waals surface area contributed by atoms with Crippen molar-refractivity contribution in [3.05, 3.63) is 11.5 Å². The Balaban J connectivity index is -0.00000276. The zero-order valence-electron chi connectivity index (χ0n) is 24.4. The van der Waals surface area contributed by atoms with Gasteiger partial charge in [-0.25, -0.2) is 4.79 Å². The Labute approximate surface area is 248 Å². The van der Waals surface area contributed by atoms with E-state index in [1.165, 1.54) is 13.3 Å². The van der Waals surface area contributed by atoms with Gasteiger partial charge in [0.1, 0.15) is 19.0 Å². The van der Waals surface area contributed by atoms with Gasteiger partial charge in [-0.2, -0.15) is 0 Å². The van der Waals surface area contributed by atoms with Crippen LogP contribution in [0.1, 0.15) is 81.5 Å². The summed E-state index contributed by atoms with van der Waals surface area (Å²) >= 11 is 1.87. The fourth-order valence-electron chi connectivity index (χ4n) is 3.26. The molecule has 11 heteroatoms. The lowest BCUT2D eigenvalue weighted by Gasteiger charge is -2.27. The van der Waals surface area contributed by atoms with Crippen LogP contribution in [0.25, 0.3) is 0 Å². The van der Waals surface area contributed by atoms with Crippen molar-refractivity contribution in [3.63, 3.8) is 0 Å². The molecular weight excluding hydrogens is 538 g/mol. The molecule has 238 valence electrons.